The van der Waals surface area contributed by atoms with E-state index in [0.717, 1.165) is 24.1 Å². The number of hydrogen-bond acceptors (Lipinski definition) is 3. The minimum Gasteiger partial charge on any atom is -0.488 e. The average molecular weight is 432 g/mol. The summed E-state index contributed by atoms with van der Waals surface area (Å²) >= 11 is 0. The van der Waals surface area contributed by atoms with Crippen LogP contribution in [0.3, 0.4) is 0 Å². The number of para-hydroxylation sites is 2. The summed E-state index contributed by atoms with van der Waals surface area (Å²) in [5, 5.41) is 2.94. The fourth-order valence-electron chi connectivity index (χ4n) is 3.82. The van der Waals surface area contributed by atoms with Crippen molar-refractivity contribution in [2.75, 3.05) is 18.4 Å². The van der Waals surface area contributed by atoms with E-state index < -0.39 is 0 Å². The van der Waals surface area contributed by atoms with Gasteiger partial charge in [-0.1, -0.05) is 42.5 Å². The number of nitrogens with one attached hydrogen (secondary N) is 1. The highest BCUT2D eigenvalue weighted by atomic mass is 19.1. The van der Waals surface area contributed by atoms with E-state index in [0.29, 0.717) is 24.4 Å². The van der Waals surface area contributed by atoms with Gasteiger partial charge in [0, 0.05) is 18.8 Å². The van der Waals surface area contributed by atoms with Crippen molar-refractivity contribution in [3.8, 4) is 5.75 Å². The van der Waals surface area contributed by atoms with Crippen LogP contribution in [0.4, 0.5) is 10.1 Å². The normalized spacial score (nSPS) is 15.8. The molecule has 2 amide bonds. The zero-order chi connectivity index (χ0) is 22.3. The van der Waals surface area contributed by atoms with Crippen LogP contribution in [0.15, 0.2) is 78.9 Å². The van der Waals surface area contributed by atoms with Gasteiger partial charge in [-0.05, 0) is 54.8 Å². The Morgan fingerprint density at radius 3 is 2.47 bits per heavy atom. The molecule has 0 bridgehead atoms. The number of anilines is 1. The van der Waals surface area contributed by atoms with Gasteiger partial charge in [0.25, 0.3) is 5.91 Å². The second kappa shape index (κ2) is 10.1. The van der Waals surface area contributed by atoms with Crippen molar-refractivity contribution < 1.29 is 18.7 Å². The first-order valence-corrected chi connectivity index (χ1v) is 10.7. The molecule has 6 heteroatoms. The summed E-state index contributed by atoms with van der Waals surface area (Å²) in [5.74, 6) is -0.329. The molecule has 3 aromatic carbocycles. The Hall–Kier alpha value is -3.67. The number of ether oxygens (including phenoxy) is 1. The van der Waals surface area contributed by atoms with Crippen LogP contribution in [-0.4, -0.2) is 29.8 Å². The molecule has 0 saturated carbocycles. The van der Waals surface area contributed by atoms with E-state index in [1.807, 2.05) is 36.4 Å². The smallest absolute Gasteiger partial charge is 0.257 e. The van der Waals surface area contributed by atoms with E-state index in [1.54, 1.807) is 35.2 Å². The van der Waals surface area contributed by atoms with Crippen LogP contribution in [0, 0.1) is 11.7 Å². The molecule has 0 unspecified atom stereocenters. The lowest BCUT2D eigenvalue weighted by Crippen LogP contribution is -2.43. The number of hydrogen-bond donors (Lipinski definition) is 1. The first-order chi connectivity index (χ1) is 15.6. The van der Waals surface area contributed by atoms with E-state index >= 15 is 0 Å². The van der Waals surface area contributed by atoms with Gasteiger partial charge in [0.05, 0.1) is 11.5 Å². The number of likely N-dealkylation sites (tertiary alicyclic amines) is 1. The molecule has 1 heterocycles. The molecule has 1 aliphatic heterocycles. The van der Waals surface area contributed by atoms with Crippen molar-refractivity contribution in [3.63, 3.8) is 0 Å². The third-order valence-corrected chi connectivity index (χ3v) is 5.55. The molecule has 0 aromatic heterocycles. The van der Waals surface area contributed by atoms with Gasteiger partial charge in [-0.25, -0.2) is 4.39 Å². The Morgan fingerprint density at radius 1 is 0.969 bits per heavy atom. The van der Waals surface area contributed by atoms with Crippen LogP contribution in [0.1, 0.15) is 28.8 Å². The van der Waals surface area contributed by atoms with Gasteiger partial charge in [-0.2, -0.15) is 0 Å². The van der Waals surface area contributed by atoms with Crippen molar-refractivity contribution in [1.29, 1.82) is 0 Å². The molecule has 1 aliphatic rings. The second-order valence-electron chi connectivity index (χ2n) is 7.86. The molecule has 3 aromatic rings. The number of amides is 2. The molecule has 0 radical (unpaired) electrons. The van der Waals surface area contributed by atoms with Gasteiger partial charge in [0.1, 0.15) is 18.2 Å². The van der Waals surface area contributed by atoms with Gasteiger partial charge in [-0.15, -0.1) is 0 Å². The van der Waals surface area contributed by atoms with Crippen molar-refractivity contribution in [3.05, 3.63) is 95.8 Å². The zero-order valence-electron chi connectivity index (χ0n) is 17.7. The lowest BCUT2D eigenvalue weighted by Gasteiger charge is -2.32. The molecular formula is C26H25FN2O3. The Kier molecular flexibility index (Phi) is 6.80. The third-order valence-electron chi connectivity index (χ3n) is 5.55. The summed E-state index contributed by atoms with van der Waals surface area (Å²) < 4.78 is 19.0. The number of carbonyl (C=O) groups excluding carboxylic acids is 2. The number of nitrogens with zero attached hydrogens (tertiary/aromatic N) is 1. The maximum absolute atomic E-state index is 13.3. The minimum absolute atomic E-state index is 0.0745. The summed E-state index contributed by atoms with van der Waals surface area (Å²) in [7, 11) is 0. The van der Waals surface area contributed by atoms with Crippen molar-refractivity contribution in [1.82, 2.24) is 4.90 Å². The van der Waals surface area contributed by atoms with Crippen molar-refractivity contribution in [2.45, 2.75) is 19.4 Å². The molecule has 5 nitrogen and oxygen atoms in total. The predicted molar refractivity (Wildman–Crippen MR) is 121 cm³/mol. The number of carbonyl (C=O) groups is 2. The molecule has 1 N–H and O–H groups in total. The van der Waals surface area contributed by atoms with Crippen LogP contribution < -0.4 is 10.1 Å². The summed E-state index contributed by atoms with van der Waals surface area (Å²) in [4.78, 5) is 27.7. The van der Waals surface area contributed by atoms with E-state index in [2.05, 4.69) is 5.32 Å². The van der Waals surface area contributed by atoms with Gasteiger partial charge >= 0.3 is 0 Å². The first kappa shape index (κ1) is 21.6. The Balaban J connectivity index is 1.42. The average Bonchev–Trinajstić information content (AvgIpc) is 2.84. The molecular weight excluding hydrogens is 407 g/mol. The molecule has 1 fully saturated rings. The second-order valence-corrected chi connectivity index (χ2v) is 7.86. The molecule has 0 spiro atoms. The van der Waals surface area contributed by atoms with Crippen molar-refractivity contribution >= 4 is 17.5 Å². The lowest BCUT2D eigenvalue weighted by atomic mass is 9.96. The predicted octanol–water partition coefficient (Wildman–Crippen LogP) is 4.90. The lowest BCUT2D eigenvalue weighted by molar-refractivity contribution is -0.121. The number of rotatable bonds is 6. The molecule has 32 heavy (non-hydrogen) atoms. The summed E-state index contributed by atoms with van der Waals surface area (Å²) in [5.41, 5.74) is 2.02. The zero-order valence-corrected chi connectivity index (χ0v) is 17.7. The SMILES string of the molecule is O=C(Nc1ccccc1)[C@@H]1CCCN(C(=O)c2ccccc2OCc2ccc(F)cc2)C1. The van der Waals surface area contributed by atoms with Crippen LogP contribution in [0.5, 0.6) is 5.75 Å². The fraction of sp³-hybridized carbons (Fsp3) is 0.231. The van der Waals surface area contributed by atoms with Gasteiger partial charge in [0.15, 0.2) is 0 Å². The van der Waals surface area contributed by atoms with E-state index in [4.69, 9.17) is 4.74 Å². The highest BCUT2D eigenvalue weighted by molar-refractivity contribution is 5.98. The minimum atomic E-state index is -0.305. The quantitative estimate of drug-likeness (QED) is 0.603. The van der Waals surface area contributed by atoms with E-state index in [1.165, 1.54) is 12.1 Å². The van der Waals surface area contributed by atoms with Crippen LogP contribution in [0.2, 0.25) is 0 Å². The molecule has 164 valence electrons. The molecule has 0 aliphatic carbocycles. The Labute approximate surface area is 186 Å². The Morgan fingerprint density at radius 2 is 1.69 bits per heavy atom. The summed E-state index contributed by atoms with van der Waals surface area (Å²) in [6, 6.07) is 22.5. The first-order valence-electron chi connectivity index (χ1n) is 10.7. The standard InChI is InChI=1S/C26H25FN2O3/c27-21-14-12-19(13-15-21)18-32-24-11-5-4-10-23(24)26(31)29-16-6-7-20(17-29)25(30)28-22-8-2-1-3-9-22/h1-5,8-15,20H,6-7,16-18H2,(H,28,30)/t20-/m1/s1. The number of benzene rings is 3. The summed E-state index contributed by atoms with van der Waals surface area (Å²) in [6.45, 7) is 1.19. The van der Waals surface area contributed by atoms with E-state index in [9.17, 15) is 14.0 Å². The molecule has 1 saturated heterocycles. The molecule has 1 atom stereocenters. The highest BCUT2D eigenvalue weighted by Crippen LogP contribution is 2.25. The van der Waals surface area contributed by atoms with Gasteiger partial charge < -0.3 is 15.0 Å². The monoisotopic (exact) mass is 432 g/mol. The maximum Gasteiger partial charge on any atom is 0.257 e. The number of halogens is 1. The van der Waals surface area contributed by atoms with Gasteiger partial charge in [-0.3, -0.25) is 9.59 Å². The van der Waals surface area contributed by atoms with Crippen LogP contribution >= 0.6 is 0 Å². The van der Waals surface area contributed by atoms with Crippen LogP contribution in [-0.2, 0) is 11.4 Å². The topological polar surface area (TPSA) is 58.6 Å². The maximum atomic E-state index is 13.3. The van der Waals surface area contributed by atoms with Gasteiger partial charge in [0.2, 0.25) is 5.91 Å². The van der Waals surface area contributed by atoms with Crippen molar-refractivity contribution in [2.24, 2.45) is 5.92 Å². The fourth-order valence-corrected chi connectivity index (χ4v) is 3.82. The number of piperidine rings is 1. The van der Waals surface area contributed by atoms with Crippen LogP contribution in [0.25, 0.3) is 0 Å². The Bertz CT molecular complexity index is 1070. The highest BCUT2D eigenvalue weighted by Gasteiger charge is 2.30. The van der Waals surface area contributed by atoms with E-state index in [-0.39, 0.29) is 30.2 Å². The largest absolute Gasteiger partial charge is 0.488 e. The summed E-state index contributed by atoms with van der Waals surface area (Å²) in [6.07, 6.45) is 1.50. The molecule has 4 rings (SSSR count). The third kappa shape index (κ3) is 5.32.